The van der Waals surface area contributed by atoms with Crippen LogP contribution in [0.3, 0.4) is 0 Å². The number of nitrogens with one attached hydrogen (secondary N) is 3. The van der Waals surface area contributed by atoms with Crippen LogP contribution in [0.1, 0.15) is 65.1 Å². The number of aliphatic hydroxyl groups is 1. The fraction of sp³-hybridized carbons (Fsp3) is 0.308. The molecule has 1 atom stereocenters. The summed E-state index contributed by atoms with van der Waals surface area (Å²) in [6, 6.07) is 14.3. The van der Waals surface area contributed by atoms with E-state index in [0.717, 1.165) is 17.5 Å². The number of esters is 1. The van der Waals surface area contributed by atoms with Gasteiger partial charge in [0.25, 0.3) is 5.91 Å². The molecule has 0 bridgehead atoms. The molecule has 35 heavy (non-hydrogen) atoms. The number of carbonyl (C=O) groups is 2. The molecular weight excluding hydrogens is 446 g/mol. The molecule has 1 aliphatic rings. The number of carbonyl (C=O) groups excluding carboxylic acids is 2. The first-order valence-corrected chi connectivity index (χ1v) is 11.5. The van der Waals surface area contributed by atoms with E-state index in [1.165, 1.54) is 6.20 Å². The van der Waals surface area contributed by atoms with E-state index in [1.54, 1.807) is 12.1 Å². The van der Waals surface area contributed by atoms with Gasteiger partial charge in [0, 0.05) is 24.0 Å². The second-order valence-corrected chi connectivity index (χ2v) is 8.79. The summed E-state index contributed by atoms with van der Waals surface area (Å²) in [5, 5.41) is 19.2. The number of amides is 1. The number of cyclic esters (lactones) is 1. The number of hydrogen-bond acceptors (Lipinski definition) is 8. The number of fused-ring (bicyclic) bond motifs is 1. The van der Waals surface area contributed by atoms with Crippen molar-refractivity contribution in [2.24, 2.45) is 0 Å². The van der Waals surface area contributed by atoms with Gasteiger partial charge in [-0.2, -0.15) is 4.98 Å². The number of anilines is 3. The standard InChI is InChI=1S/C26H29N5O4/c1-4-12-27-23(33)19-14-28-25(31-22(19)30-21(15-32)16-8-6-5-7-9-16)29-17-10-11-18-20(13-17)26(2,3)35-24(18)34/h5-11,13-14,21,32H,4,12,15H2,1-3H3,(H,27,33)(H2,28,29,30,31)/t21-/m1/s1. The lowest BCUT2D eigenvalue weighted by molar-refractivity contribution is 0.00953. The van der Waals surface area contributed by atoms with Crippen molar-refractivity contribution in [1.82, 2.24) is 15.3 Å². The lowest BCUT2D eigenvalue weighted by atomic mass is 9.95. The van der Waals surface area contributed by atoms with Gasteiger partial charge in [-0.05, 0) is 44.0 Å². The summed E-state index contributed by atoms with van der Waals surface area (Å²) < 4.78 is 5.44. The summed E-state index contributed by atoms with van der Waals surface area (Å²) in [4.78, 5) is 33.7. The minimum absolute atomic E-state index is 0.194. The van der Waals surface area contributed by atoms with E-state index in [-0.39, 0.29) is 30.0 Å². The molecule has 0 spiro atoms. The summed E-state index contributed by atoms with van der Waals surface area (Å²) in [7, 11) is 0. The average molecular weight is 476 g/mol. The van der Waals surface area contributed by atoms with Gasteiger partial charge in [0.05, 0.1) is 18.2 Å². The van der Waals surface area contributed by atoms with Crippen molar-refractivity contribution in [1.29, 1.82) is 0 Å². The average Bonchev–Trinajstić information content (AvgIpc) is 3.09. The molecular formula is C26H29N5O4. The molecule has 9 nitrogen and oxygen atoms in total. The van der Waals surface area contributed by atoms with Gasteiger partial charge in [-0.3, -0.25) is 4.79 Å². The second-order valence-electron chi connectivity index (χ2n) is 8.79. The molecule has 9 heteroatoms. The van der Waals surface area contributed by atoms with E-state index in [4.69, 9.17) is 4.74 Å². The van der Waals surface area contributed by atoms with Gasteiger partial charge >= 0.3 is 5.97 Å². The molecule has 0 saturated carbocycles. The maximum absolute atomic E-state index is 12.8. The van der Waals surface area contributed by atoms with Gasteiger partial charge in [-0.25, -0.2) is 9.78 Å². The van der Waals surface area contributed by atoms with Crippen LogP contribution in [0.2, 0.25) is 0 Å². The van der Waals surface area contributed by atoms with Crippen molar-refractivity contribution < 1.29 is 19.4 Å². The van der Waals surface area contributed by atoms with Crippen LogP contribution >= 0.6 is 0 Å². The Morgan fingerprint density at radius 2 is 1.94 bits per heavy atom. The van der Waals surface area contributed by atoms with Crippen molar-refractivity contribution in [3.63, 3.8) is 0 Å². The summed E-state index contributed by atoms with van der Waals surface area (Å²) >= 11 is 0. The number of hydrogen-bond donors (Lipinski definition) is 4. The normalized spacial score (nSPS) is 14.6. The Bertz CT molecular complexity index is 1230. The minimum Gasteiger partial charge on any atom is -0.451 e. The molecule has 1 aliphatic heterocycles. The first-order chi connectivity index (χ1) is 16.8. The maximum atomic E-state index is 12.8. The molecule has 0 unspecified atom stereocenters. The maximum Gasteiger partial charge on any atom is 0.339 e. The van der Waals surface area contributed by atoms with Gasteiger partial charge in [0.1, 0.15) is 17.0 Å². The largest absolute Gasteiger partial charge is 0.451 e. The highest BCUT2D eigenvalue weighted by atomic mass is 16.6. The van der Waals surface area contributed by atoms with Gasteiger partial charge in [0.2, 0.25) is 5.95 Å². The molecule has 2 aromatic carbocycles. The predicted molar refractivity (Wildman–Crippen MR) is 133 cm³/mol. The Morgan fingerprint density at radius 1 is 1.17 bits per heavy atom. The van der Waals surface area contributed by atoms with Crippen LogP contribution in [-0.2, 0) is 10.3 Å². The molecule has 0 radical (unpaired) electrons. The number of benzene rings is 2. The summed E-state index contributed by atoms with van der Waals surface area (Å²) in [5.41, 5.74) is 2.36. The molecule has 4 N–H and O–H groups in total. The summed E-state index contributed by atoms with van der Waals surface area (Å²) in [5.74, 6) is -0.107. The monoisotopic (exact) mass is 475 g/mol. The van der Waals surface area contributed by atoms with Crippen LogP contribution in [0.4, 0.5) is 17.5 Å². The highest BCUT2D eigenvalue weighted by Gasteiger charge is 2.37. The lowest BCUT2D eigenvalue weighted by Gasteiger charge is -2.20. The first kappa shape index (κ1) is 24.2. The molecule has 4 rings (SSSR count). The zero-order valence-corrected chi connectivity index (χ0v) is 20.0. The number of rotatable bonds is 9. The van der Waals surface area contributed by atoms with Crippen LogP contribution in [0.15, 0.2) is 54.7 Å². The van der Waals surface area contributed by atoms with E-state index in [1.807, 2.05) is 57.2 Å². The third-order valence-electron chi connectivity index (χ3n) is 5.76. The summed E-state index contributed by atoms with van der Waals surface area (Å²) in [6.07, 6.45) is 2.24. The third-order valence-corrected chi connectivity index (χ3v) is 5.76. The zero-order valence-electron chi connectivity index (χ0n) is 20.0. The number of aromatic nitrogens is 2. The Morgan fingerprint density at radius 3 is 2.66 bits per heavy atom. The van der Waals surface area contributed by atoms with Crippen LogP contribution in [0, 0.1) is 0 Å². The van der Waals surface area contributed by atoms with E-state index < -0.39 is 11.6 Å². The first-order valence-electron chi connectivity index (χ1n) is 11.5. The number of ether oxygens (including phenoxy) is 1. The van der Waals surface area contributed by atoms with E-state index in [9.17, 15) is 14.7 Å². The lowest BCUT2D eigenvalue weighted by Crippen LogP contribution is -2.27. The highest BCUT2D eigenvalue weighted by molar-refractivity contribution is 5.99. The number of aliphatic hydroxyl groups excluding tert-OH is 1. The van der Waals surface area contributed by atoms with Gasteiger partial charge in [-0.15, -0.1) is 0 Å². The zero-order chi connectivity index (χ0) is 25.0. The molecule has 2 heterocycles. The van der Waals surface area contributed by atoms with Crippen molar-refractivity contribution in [2.75, 3.05) is 23.8 Å². The van der Waals surface area contributed by atoms with Crippen molar-refractivity contribution >= 4 is 29.3 Å². The second kappa shape index (κ2) is 10.1. The third kappa shape index (κ3) is 5.25. The molecule has 0 saturated heterocycles. The SMILES string of the molecule is CCCNC(=O)c1cnc(Nc2ccc3c(c2)C(C)(C)OC3=O)nc1N[C@H](CO)c1ccccc1. The van der Waals surface area contributed by atoms with Crippen molar-refractivity contribution in [3.8, 4) is 0 Å². The quantitative estimate of drug-likeness (QED) is 0.343. The van der Waals surface area contributed by atoms with Gasteiger partial charge < -0.3 is 25.8 Å². The number of nitrogens with zero attached hydrogens (tertiary/aromatic N) is 2. The van der Waals surface area contributed by atoms with Gasteiger partial charge in [0.15, 0.2) is 0 Å². The van der Waals surface area contributed by atoms with Crippen LogP contribution in [-0.4, -0.2) is 40.1 Å². The van der Waals surface area contributed by atoms with E-state index in [0.29, 0.717) is 23.6 Å². The van der Waals surface area contributed by atoms with Crippen molar-refractivity contribution in [2.45, 2.75) is 38.8 Å². The topological polar surface area (TPSA) is 125 Å². The Kier molecular flexibility index (Phi) is 6.97. The van der Waals surface area contributed by atoms with Crippen molar-refractivity contribution in [3.05, 3.63) is 77.0 Å². The Hall–Kier alpha value is -3.98. The summed E-state index contributed by atoms with van der Waals surface area (Å²) in [6.45, 7) is 5.96. The Labute approximate surface area is 204 Å². The fourth-order valence-corrected chi connectivity index (χ4v) is 3.91. The molecule has 1 amide bonds. The van der Waals surface area contributed by atoms with Crippen LogP contribution < -0.4 is 16.0 Å². The molecule has 0 fully saturated rings. The molecule has 0 aliphatic carbocycles. The fourth-order valence-electron chi connectivity index (χ4n) is 3.91. The Balaban J connectivity index is 1.65. The van der Waals surface area contributed by atoms with Crippen LogP contribution in [0.5, 0.6) is 0 Å². The highest BCUT2D eigenvalue weighted by Crippen LogP contribution is 2.37. The minimum atomic E-state index is -0.733. The van der Waals surface area contributed by atoms with E-state index >= 15 is 0 Å². The molecule has 3 aromatic rings. The molecule has 1 aromatic heterocycles. The molecule has 182 valence electrons. The van der Waals surface area contributed by atoms with Gasteiger partial charge in [-0.1, -0.05) is 37.3 Å². The van der Waals surface area contributed by atoms with E-state index in [2.05, 4.69) is 25.9 Å². The van der Waals surface area contributed by atoms with Crippen LogP contribution in [0.25, 0.3) is 0 Å². The smallest absolute Gasteiger partial charge is 0.339 e. The predicted octanol–water partition coefficient (Wildman–Crippen LogP) is 3.91.